The van der Waals surface area contributed by atoms with Gasteiger partial charge in [-0.1, -0.05) is 223 Å². The van der Waals surface area contributed by atoms with Crippen LogP contribution in [0.5, 0.6) is 0 Å². The van der Waals surface area contributed by atoms with Crippen molar-refractivity contribution in [1.82, 2.24) is 4.90 Å². The highest BCUT2D eigenvalue weighted by Gasteiger charge is 2.56. The predicted molar refractivity (Wildman–Crippen MR) is 328 cm³/mol. The highest BCUT2D eigenvalue weighted by atomic mass is 15.2. The molecule has 72 heavy (non-hydrogen) atoms. The lowest BCUT2D eigenvalue weighted by Crippen LogP contribution is -2.52. The summed E-state index contributed by atoms with van der Waals surface area (Å²) in [6.07, 6.45) is 23.9. The molecule has 1 aromatic carbocycles. The number of hydrogen-bond donors (Lipinski definition) is 0. The number of rotatable bonds is 0. The Bertz CT molecular complexity index is 1570. The van der Waals surface area contributed by atoms with Gasteiger partial charge in [0, 0.05) is 5.54 Å². The van der Waals surface area contributed by atoms with E-state index in [-0.39, 0.29) is 10.8 Å². The van der Waals surface area contributed by atoms with E-state index in [0.717, 1.165) is 23.7 Å². The van der Waals surface area contributed by atoms with Crippen LogP contribution in [-0.4, -0.2) is 23.5 Å². The normalized spacial score (nSPS) is 26.6. The number of nitrogens with zero attached hydrogens (tertiary/aromatic N) is 1. The minimum atomic E-state index is 0.260. The van der Waals surface area contributed by atoms with Crippen LogP contribution in [0.4, 0.5) is 0 Å². The molecule has 6 aliphatic rings. The SMILES string of the molecule is CC(C)(C)C12CCC(C(C)(C)C)(CC1)CC2.CC(C)(C)C1=CCC(C(C)(C)C)CC1.CC(C)(C)C1CCC(C(C)(C)C)CC1.CC(C)(C)C1CCN(C(C)(C)C)CC1.CC(C)(C)c1ccc(C(C)(C)C)cc1. The van der Waals surface area contributed by atoms with Crippen molar-refractivity contribution >= 4 is 0 Å². The first-order valence-electron chi connectivity index (χ1n) is 30.5. The van der Waals surface area contributed by atoms with Gasteiger partial charge in [-0.2, -0.15) is 0 Å². The summed E-state index contributed by atoms with van der Waals surface area (Å²) in [7, 11) is 0. The quantitative estimate of drug-likeness (QED) is 0.234. The average molecular weight is 1000 g/mol. The Balaban J connectivity index is 0.000000309. The van der Waals surface area contributed by atoms with Crippen LogP contribution in [0.15, 0.2) is 35.9 Å². The van der Waals surface area contributed by atoms with Crippen molar-refractivity contribution in [1.29, 1.82) is 0 Å². The summed E-state index contributed by atoms with van der Waals surface area (Å²) in [4.78, 5) is 2.62. The van der Waals surface area contributed by atoms with Crippen LogP contribution in [0.1, 0.15) is 315 Å². The van der Waals surface area contributed by atoms with Crippen LogP contribution < -0.4 is 0 Å². The largest absolute Gasteiger partial charge is 0.298 e. The van der Waals surface area contributed by atoms with Gasteiger partial charge in [0.05, 0.1) is 0 Å². The van der Waals surface area contributed by atoms with Crippen molar-refractivity contribution in [2.45, 2.75) is 320 Å². The molecule has 5 fully saturated rings. The lowest BCUT2D eigenvalue weighted by molar-refractivity contribution is -0.120. The number of hydrogen-bond acceptors (Lipinski definition) is 1. The Morgan fingerprint density at radius 1 is 0.347 bits per heavy atom. The van der Waals surface area contributed by atoms with Gasteiger partial charge in [0.15, 0.2) is 0 Å². The molecule has 0 aromatic heterocycles. The van der Waals surface area contributed by atoms with Crippen LogP contribution in [0.3, 0.4) is 0 Å². The Hall–Kier alpha value is -1.08. The summed E-state index contributed by atoms with van der Waals surface area (Å²) in [5, 5.41) is 0. The first-order valence-corrected chi connectivity index (χ1v) is 30.5. The van der Waals surface area contributed by atoms with E-state index in [4.69, 9.17) is 0 Å². The van der Waals surface area contributed by atoms with Crippen LogP contribution >= 0.6 is 0 Å². The molecule has 4 saturated carbocycles. The number of piperidine rings is 1. The van der Waals surface area contributed by atoms with Crippen molar-refractivity contribution in [2.75, 3.05) is 13.1 Å². The average Bonchev–Trinajstić information content (AvgIpc) is 3.22. The molecule has 0 spiro atoms. The molecule has 5 aliphatic carbocycles. The molecule has 1 heteroatoms. The monoisotopic (exact) mass is 1000 g/mol. The topological polar surface area (TPSA) is 3.24 Å². The Labute approximate surface area is 455 Å². The van der Waals surface area contributed by atoms with E-state index in [1.807, 2.05) is 0 Å². The Morgan fingerprint density at radius 3 is 0.819 bits per heavy atom. The molecule has 1 saturated heterocycles. The van der Waals surface area contributed by atoms with Gasteiger partial charge in [-0.05, 0) is 225 Å². The summed E-state index contributed by atoms with van der Waals surface area (Å²) >= 11 is 0. The molecule has 2 bridgehead atoms. The Morgan fingerprint density at radius 2 is 0.625 bits per heavy atom. The van der Waals surface area contributed by atoms with E-state index >= 15 is 0 Å². The van der Waals surface area contributed by atoms with E-state index in [1.165, 1.54) is 121 Å². The zero-order valence-corrected chi connectivity index (χ0v) is 55.2. The molecular formula is C71H133N. The summed E-state index contributed by atoms with van der Waals surface area (Å²) in [5.41, 5.74) is 10.2. The van der Waals surface area contributed by atoms with Crippen molar-refractivity contribution in [2.24, 2.45) is 72.4 Å². The number of fused-ring (bicyclic) bond motifs is 3. The van der Waals surface area contributed by atoms with Crippen LogP contribution in [0.2, 0.25) is 0 Å². The maximum Gasteiger partial charge on any atom is 0.0125 e. The van der Waals surface area contributed by atoms with E-state index < -0.39 is 0 Å². The standard InChI is InChI=1S/C16H30.C14H28.C14H26.C14H22.C13H27N/c1-13(2,3)15-7-10-16(11-8-15,12-9-15)14(4,5)6;3*1-13(2,3)11-7-9-12(10-8-11)14(4,5)6;1-12(2,3)11-7-9-14(10-8-11)13(4,5)6/h7-12H2,1-6H3;11-12H,7-10H2,1-6H3;7,12H,8-10H2,1-6H3;7-10H,1-6H3;11H,7-10H2,1-6H3. The van der Waals surface area contributed by atoms with Crippen LogP contribution in [-0.2, 0) is 10.8 Å². The van der Waals surface area contributed by atoms with Crippen molar-refractivity contribution in [3.63, 3.8) is 0 Å². The van der Waals surface area contributed by atoms with Gasteiger partial charge < -0.3 is 0 Å². The van der Waals surface area contributed by atoms with Crippen molar-refractivity contribution in [3.05, 3.63) is 47.0 Å². The molecular weight excluding hydrogens is 867 g/mol. The summed E-state index contributed by atoms with van der Waals surface area (Å²) in [6, 6.07) is 9.00. The second-order valence-corrected chi connectivity index (χ2v) is 35.5. The second-order valence-electron chi connectivity index (χ2n) is 35.5. The number of benzene rings is 1. The lowest BCUT2D eigenvalue weighted by Gasteiger charge is -2.62. The van der Waals surface area contributed by atoms with Crippen molar-refractivity contribution < 1.29 is 0 Å². The fourth-order valence-corrected chi connectivity index (χ4v) is 13.4. The Kier molecular flexibility index (Phi) is 22.6. The summed E-state index contributed by atoms with van der Waals surface area (Å²) in [5.74, 6) is 3.72. The maximum absolute atomic E-state index is 2.62. The van der Waals surface area contributed by atoms with Crippen molar-refractivity contribution in [3.8, 4) is 0 Å². The molecule has 0 N–H and O–H groups in total. The third-order valence-corrected chi connectivity index (χ3v) is 20.5. The van der Waals surface area contributed by atoms with Gasteiger partial charge in [0.1, 0.15) is 0 Å². The van der Waals surface area contributed by atoms with Gasteiger partial charge in [-0.15, -0.1) is 0 Å². The first kappa shape index (κ1) is 67.0. The first-order chi connectivity index (χ1) is 32.0. The van der Waals surface area contributed by atoms with Gasteiger partial charge >= 0.3 is 0 Å². The number of likely N-dealkylation sites (tertiary alicyclic amines) is 1. The highest BCUT2D eigenvalue weighted by Crippen LogP contribution is 2.67. The zero-order chi connectivity index (χ0) is 56.2. The molecule has 1 atom stereocenters. The molecule has 1 heterocycles. The highest BCUT2D eigenvalue weighted by molar-refractivity contribution is 5.31. The molecule has 1 aromatic rings. The van der Waals surface area contributed by atoms with Crippen LogP contribution in [0.25, 0.3) is 0 Å². The second kappa shape index (κ2) is 24.3. The van der Waals surface area contributed by atoms with E-state index in [2.05, 4.69) is 243 Å². The van der Waals surface area contributed by atoms with Gasteiger partial charge in [-0.25, -0.2) is 0 Å². The maximum atomic E-state index is 2.62. The lowest BCUT2D eigenvalue weighted by atomic mass is 9.42. The molecule has 0 amide bonds. The molecule has 0 radical (unpaired) electrons. The van der Waals surface area contributed by atoms with Gasteiger partial charge in [0.25, 0.3) is 0 Å². The predicted octanol–water partition coefficient (Wildman–Crippen LogP) is 22.9. The van der Waals surface area contributed by atoms with Crippen LogP contribution in [0, 0.1) is 72.4 Å². The molecule has 1 aliphatic heterocycles. The smallest absolute Gasteiger partial charge is 0.0125 e. The number of allylic oxidation sites excluding steroid dienone is 2. The fourth-order valence-electron chi connectivity index (χ4n) is 13.4. The molecule has 1 unspecified atom stereocenters. The summed E-state index contributed by atoms with van der Waals surface area (Å²) in [6.45, 7) is 73.4. The third kappa shape index (κ3) is 20.1. The van der Waals surface area contributed by atoms with E-state index in [0.29, 0.717) is 54.3 Å². The minimum Gasteiger partial charge on any atom is -0.298 e. The van der Waals surface area contributed by atoms with Gasteiger partial charge in [-0.3, -0.25) is 4.90 Å². The molecule has 7 rings (SSSR count). The van der Waals surface area contributed by atoms with E-state index in [9.17, 15) is 0 Å². The van der Waals surface area contributed by atoms with Gasteiger partial charge in [0.2, 0.25) is 0 Å². The van der Waals surface area contributed by atoms with E-state index in [1.54, 1.807) is 5.57 Å². The fraction of sp³-hybridized carbons (Fsp3) is 0.887. The third-order valence-electron chi connectivity index (χ3n) is 20.5. The molecule has 422 valence electrons. The summed E-state index contributed by atoms with van der Waals surface area (Å²) < 4.78 is 0. The zero-order valence-electron chi connectivity index (χ0n) is 55.2. The molecule has 1 nitrogen and oxygen atoms in total. The minimum absolute atomic E-state index is 0.260.